The number of nitrogens with one attached hydrogen (secondary N) is 1. The van der Waals surface area contributed by atoms with Crippen molar-refractivity contribution >= 4 is 11.8 Å². The number of hydrogen-bond acceptors (Lipinski definition) is 4. The lowest BCUT2D eigenvalue weighted by molar-refractivity contribution is -0.130. The zero-order valence-corrected chi connectivity index (χ0v) is 9.65. The molecule has 0 bridgehead atoms. The molecule has 0 aromatic carbocycles. The zero-order chi connectivity index (χ0) is 12.7. The van der Waals surface area contributed by atoms with Crippen LogP contribution in [0.4, 0.5) is 0 Å². The molecule has 0 spiro atoms. The van der Waals surface area contributed by atoms with Crippen LogP contribution in [0.2, 0.25) is 0 Å². The number of carbonyl (C=O) groups excluding carboxylic acids is 2. The Morgan fingerprint density at radius 2 is 2.35 bits per heavy atom. The maximum absolute atomic E-state index is 11.7. The molecule has 0 aromatic rings. The predicted molar refractivity (Wildman–Crippen MR) is 59.5 cm³/mol. The number of unbranched alkanes of at least 4 members (excludes halogenated alkanes) is 1. The van der Waals surface area contributed by atoms with Crippen LogP contribution in [0, 0.1) is 17.2 Å². The lowest BCUT2D eigenvalue weighted by Crippen LogP contribution is -2.46. The summed E-state index contributed by atoms with van der Waals surface area (Å²) in [5, 5.41) is 11.0. The van der Waals surface area contributed by atoms with Crippen LogP contribution in [-0.4, -0.2) is 31.1 Å². The van der Waals surface area contributed by atoms with E-state index in [1.807, 2.05) is 6.07 Å². The number of primary amides is 1. The minimum Gasteiger partial charge on any atom is -0.381 e. The fraction of sp³-hybridized carbons (Fsp3) is 0.727. The van der Waals surface area contributed by atoms with Gasteiger partial charge in [0.2, 0.25) is 11.8 Å². The molecule has 6 nitrogen and oxygen atoms in total. The van der Waals surface area contributed by atoms with Gasteiger partial charge in [0, 0.05) is 13.0 Å². The number of ether oxygens (including phenoxy) is 1. The van der Waals surface area contributed by atoms with E-state index in [0.717, 1.165) is 0 Å². The Labute approximate surface area is 100 Å². The van der Waals surface area contributed by atoms with E-state index < -0.39 is 11.9 Å². The fourth-order valence-corrected chi connectivity index (χ4v) is 1.70. The fourth-order valence-electron chi connectivity index (χ4n) is 1.70. The van der Waals surface area contributed by atoms with E-state index >= 15 is 0 Å². The van der Waals surface area contributed by atoms with Crippen molar-refractivity contribution in [3.8, 4) is 6.07 Å². The van der Waals surface area contributed by atoms with Gasteiger partial charge >= 0.3 is 0 Å². The number of nitrogens with two attached hydrogens (primary N) is 1. The molecule has 0 unspecified atom stereocenters. The molecule has 6 heteroatoms. The van der Waals surface area contributed by atoms with Crippen molar-refractivity contribution in [3.63, 3.8) is 0 Å². The van der Waals surface area contributed by atoms with Gasteiger partial charge in [0.15, 0.2) is 0 Å². The van der Waals surface area contributed by atoms with Crippen LogP contribution in [0.25, 0.3) is 0 Å². The Bertz CT molecular complexity index is 318. The molecule has 0 aliphatic carbocycles. The first kappa shape index (κ1) is 13.5. The molecular weight excluding hydrogens is 222 g/mol. The standard InChI is InChI=1S/C11H17N3O3/c12-5-2-1-3-9(10(13)15)14-11(16)8-4-6-17-7-8/h8-9H,1-4,6-7H2,(H2,13,15)(H,14,16)/t8-,9+/m1/s1. The molecule has 1 saturated heterocycles. The summed E-state index contributed by atoms with van der Waals surface area (Å²) in [6, 6.07) is 1.30. The van der Waals surface area contributed by atoms with Gasteiger partial charge in [-0.3, -0.25) is 9.59 Å². The molecule has 2 amide bonds. The van der Waals surface area contributed by atoms with Crippen molar-refractivity contribution in [2.75, 3.05) is 13.2 Å². The molecule has 2 atom stereocenters. The van der Waals surface area contributed by atoms with Crippen LogP contribution in [0.15, 0.2) is 0 Å². The Morgan fingerprint density at radius 1 is 1.59 bits per heavy atom. The molecule has 0 radical (unpaired) electrons. The summed E-state index contributed by atoms with van der Waals surface area (Å²) in [4.78, 5) is 22.9. The van der Waals surface area contributed by atoms with E-state index in [1.165, 1.54) is 0 Å². The molecule has 17 heavy (non-hydrogen) atoms. The average Bonchev–Trinajstić information content (AvgIpc) is 2.81. The number of rotatable bonds is 6. The smallest absolute Gasteiger partial charge is 0.240 e. The number of nitrogens with zero attached hydrogens (tertiary/aromatic N) is 1. The number of carbonyl (C=O) groups is 2. The lowest BCUT2D eigenvalue weighted by atomic mass is 10.1. The second kappa shape index (κ2) is 6.86. The maximum Gasteiger partial charge on any atom is 0.240 e. The minimum absolute atomic E-state index is 0.187. The van der Waals surface area contributed by atoms with E-state index in [1.54, 1.807) is 0 Å². The van der Waals surface area contributed by atoms with Crippen molar-refractivity contribution < 1.29 is 14.3 Å². The van der Waals surface area contributed by atoms with Gasteiger partial charge in [-0.05, 0) is 19.3 Å². The lowest BCUT2D eigenvalue weighted by Gasteiger charge is -2.16. The summed E-state index contributed by atoms with van der Waals surface area (Å²) >= 11 is 0. The third kappa shape index (κ3) is 4.41. The van der Waals surface area contributed by atoms with E-state index in [-0.39, 0.29) is 11.8 Å². The molecule has 1 fully saturated rings. The molecule has 1 aliphatic heterocycles. The van der Waals surface area contributed by atoms with E-state index in [9.17, 15) is 9.59 Å². The van der Waals surface area contributed by atoms with Crippen LogP contribution in [0.5, 0.6) is 0 Å². The molecule has 1 heterocycles. The topological polar surface area (TPSA) is 105 Å². The van der Waals surface area contributed by atoms with Gasteiger partial charge in [-0.2, -0.15) is 5.26 Å². The van der Waals surface area contributed by atoms with E-state index in [2.05, 4.69) is 5.32 Å². The summed E-state index contributed by atoms with van der Waals surface area (Å²) in [6.45, 7) is 0.975. The van der Waals surface area contributed by atoms with Crippen LogP contribution in [-0.2, 0) is 14.3 Å². The van der Waals surface area contributed by atoms with Crippen LogP contribution >= 0.6 is 0 Å². The Balaban J connectivity index is 2.40. The second-order valence-corrected chi connectivity index (χ2v) is 4.07. The van der Waals surface area contributed by atoms with Crippen molar-refractivity contribution in [1.29, 1.82) is 5.26 Å². The predicted octanol–water partition coefficient (Wildman–Crippen LogP) is -0.313. The quantitative estimate of drug-likeness (QED) is 0.620. The Morgan fingerprint density at radius 3 is 2.88 bits per heavy atom. The normalized spacial score (nSPS) is 20.5. The summed E-state index contributed by atoms with van der Waals surface area (Å²) in [5.41, 5.74) is 5.20. The molecule has 3 N–H and O–H groups in total. The highest BCUT2D eigenvalue weighted by Crippen LogP contribution is 2.13. The third-order valence-corrected chi connectivity index (χ3v) is 2.74. The first-order valence-corrected chi connectivity index (χ1v) is 5.69. The van der Waals surface area contributed by atoms with E-state index in [4.69, 9.17) is 15.7 Å². The van der Waals surface area contributed by atoms with Crippen LogP contribution < -0.4 is 11.1 Å². The largest absolute Gasteiger partial charge is 0.381 e. The van der Waals surface area contributed by atoms with Crippen molar-refractivity contribution in [2.45, 2.75) is 31.7 Å². The Hall–Kier alpha value is -1.61. The van der Waals surface area contributed by atoms with Crippen LogP contribution in [0.1, 0.15) is 25.7 Å². The second-order valence-electron chi connectivity index (χ2n) is 4.07. The minimum atomic E-state index is -0.684. The van der Waals surface area contributed by atoms with Crippen molar-refractivity contribution in [3.05, 3.63) is 0 Å². The molecule has 1 aliphatic rings. The monoisotopic (exact) mass is 239 g/mol. The molecular formula is C11H17N3O3. The van der Waals surface area contributed by atoms with Gasteiger partial charge in [0.05, 0.1) is 18.6 Å². The summed E-state index contributed by atoms with van der Waals surface area (Å²) in [5.74, 6) is -0.939. The first-order chi connectivity index (χ1) is 8.15. The molecule has 0 aromatic heterocycles. The van der Waals surface area contributed by atoms with Gasteiger partial charge in [-0.25, -0.2) is 0 Å². The molecule has 0 saturated carbocycles. The Kier molecular flexibility index (Phi) is 5.43. The number of hydrogen-bond donors (Lipinski definition) is 2. The van der Waals surface area contributed by atoms with Crippen molar-refractivity contribution in [2.24, 2.45) is 11.7 Å². The highest BCUT2D eigenvalue weighted by atomic mass is 16.5. The SMILES string of the molecule is N#CCCC[C@H](NC(=O)[C@@H]1CCOC1)C(N)=O. The van der Waals surface area contributed by atoms with Gasteiger partial charge in [-0.15, -0.1) is 0 Å². The number of amides is 2. The summed E-state index contributed by atoms with van der Waals surface area (Å²) in [7, 11) is 0. The molecule has 94 valence electrons. The van der Waals surface area contributed by atoms with E-state index in [0.29, 0.717) is 38.9 Å². The van der Waals surface area contributed by atoms with Crippen LogP contribution in [0.3, 0.4) is 0 Å². The maximum atomic E-state index is 11.7. The third-order valence-electron chi connectivity index (χ3n) is 2.74. The first-order valence-electron chi connectivity index (χ1n) is 5.69. The highest BCUT2D eigenvalue weighted by Gasteiger charge is 2.26. The zero-order valence-electron chi connectivity index (χ0n) is 9.65. The summed E-state index contributed by atoms with van der Waals surface area (Å²) < 4.78 is 5.10. The van der Waals surface area contributed by atoms with Gasteiger partial charge in [0.25, 0.3) is 0 Å². The van der Waals surface area contributed by atoms with Gasteiger partial charge < -0.3 is 15.8 Å². The highest BCUT2D eigenvalue weighted by molar-refractivity contribution is 5.87. The van der Waals surface area contributed by atoms with Gasteiger partial charge in [-0.1, -0.05) is 0 Å². The summed E-state index contributed by atoms with van der Waals surface area (Å²) in [6.07, 6.45) is 1.98. The molecule has 1 rings (SSSR count). The van der Waals surface area contributed by atoms with Gasteiger partial charge in [0.1, 0.15) is 6.04 Å². The van der Waals surface area contributed by atoms with Crippen molar-refractivity contribution in [1.82, 2.24) is 5.32 Å². The average molecular weight is 239 g/mol. The number of nitriles is 1.